The van der Waals surface area contributed by atoms with Crippen LogP contribution >= 0.6 is 27.7 Å². The van der Waals surface area contributed by atoms with Gasteiger partial charge in [0.2, 0.25) is 5.91 Å². The van der Waals surface area contributed by atoms with E-state index < -0.39 is 11.1 Å². The lowest BCUT2D eigenvalue weighted by Crippen LogP contribution is -2.46. The van der Waals surface area contributed by atoms with Gasteiger partial charge in [-0.2, -0.15) is 0 Å². The summed E-state index contributed by atoms with van der Waals surface area (Å²) >= 11 is 4.25. The molecule has 0 aliphatic carbocycles. The lowest BCUT2D eigenvalue weighted by atomic mass is 10.1. The molecule has 2 aliphatic heterocycles. The molecule has 0 atom stereocenters. The quantitative estimate of drug-likeness (QED) is 0.413. The number of carbonyl (C=O) groups is 3. The van der Waals surface area contributed by atoms with Crippen molar-refractivity contribution in [1.29, 1.82) is 0 Å². The van der Waals surface area contributed by atoms with Gasteiger partial charge in [-0.25, -0.2) is 0 Å². The van der Waals surface area contributed by atoms with E-state index in [4.69, 9.17) is 20.6 Å². The van der Waals surface area contributed by atoms with Crippen LogP contribution in [0.1, 0.15) is 12.5 Å². The Bertz CT molecular complexity index is 952. The van der Waals surface area contributed by atoms with Crippen LogP contribution in [-0.4, -0.2) is 72.9 Å². The van der Waals surface area contributed by atoms with Crippen LogP contribution in [0.3, 0.4) is 0 Å². The molecule has 8 nitrogen and oxygen atoms in total. The van der Waals surface area contributed by atoms with E-state index in [0.717, 1.165) is 16.7 Å². The summed E-state index contributed by atoms with van der Waals surface area (Å²) in [6, 6.07) is 3.40. The molecule has 0 radical (unpaired) electrons. The first-order valence-electron chi connectivity index (χ1n) is 9.58. The molecule has 0 saturated carbocycles. The molecule has 0 unspecified atom stereocenters. The standard InChI is InChI=1S/C21H21BrN2O6S/c1-3-7-30-17-12-15(22)14(10-16(17)29-4-2)11-18-20(26)24(21(27)31-18)13-19(25)23-5-8-28-9-6-23/h1,10-12H,4-9,13H2,2H3/b18-11+. The van der Waals surface area contributed by atoms with Gasteiger partial charge in [0, 0.05) is 17.6 Å². The third kappa shape index (κ3) is 5.61. The molecule has 10 heteroatoms. The molecule has 31 heavy (non-hydrogen) atoms. The Morgan fingerprint density at radius 2 is 2.00 bits per heavy atom. The van der Waals surface area contributed by atoms with E-state index in [9.17, 15) is 14.4 Å². The van der Waals surface area contributed by atoms with Crippen molar-refractivity contribution in [3.05, 3.63) is 27.1 Å². The van der Waals surface area contributed by atoms with Crippen LogP contribution in [0.5, 0.6) is 11.5 Å². The lowest BCUT2D eigenvalue weighted by molar-refractivity contribution is -0.139. The van der Waals surface area contributed by atoms with Gasteiger partial charge >= 0.3 is 0 Å². The minimum Gasteiger partial charge on any atom is -0.490 e. The second-order valence-corrected chi connectivity index (χ2v) is 8.35. The molecule has 2 fully saturated rings. The fraction of sp³-hybridized carbons (Fsp3) is 0.381. The molecule has 3 rings (SSSR count). The van der Waals surface area contributed by atoms with E-state index in [1.165, 1.54) is 0 Å². The normalized spacial score (nSPS) is 17.8. The average molecular weight is 509 g/mol. The number of terminal acetylenes is 1. The largest absolute Gasteiger partial charge is 0.490 e. The Balaban J connectivity index is 1.79. The van der Waals surface area contributed by atoms with Gasteiger partial charge in [0.1, 0.15) is 13.2 Å². The van der Waals surface area contributed by atoms with E-state index in [0.29, 0.717) is 54.4 Å². The summed E-state index contributed by atoms with van der Waals surface area (Å²) in [4.78, 5) is 40.4. The lowest BCUT2D eigenvalue weighted by Gasteiger charge is -2.28. The summed E-state index contributed by atoms with van der Waals surface area (Å²) < 4.78 is 17.0. The van der Waals surface area contributed by atoms with E-state index in [1.807, 2.05) is 6.92 Å². The molecule has 2 saturated heterocycles. The van der Waals surface area contributed by atoms with Crippen molar-refractivity contribution < 1.29 is 28.6 Å². The number of nitrogens with zero attached hydrogens (tertiary/aromatic N) is 2. The summed E-state index contributed by atoms with van der Waals surface area (Å²) in [5, 5.41) is -0.479. The number of morpholine rings is 1. The molecule has 0 N–H and O–H groups in total. The highest BCUT2D eigenvalue weighted by Gasteiger charge is 2.37. The molecule has 2 aliphatic rings. The summed E-state index contributed by atoms with van der Waals surface area (Å²) in [6.07, 6.45) is 6.84. The summed E-state index contributed by atoms with van der Waals surface area (Å²) in [5.41, 5.74) is 0.626. The first kappa shape index (κ1) is 23.2. The number of ether oxygens (including phenoxy) is 3. The highest BCUT2D eigenvalue weighted by atomic mass is 79.9. The zero-order valence-electron chi connectivity index (χ0n) is 16.9. The van der Waals surface area contributed by atoms with Gasteiger partial charge in [-0.15, -0.1) is 6.42 Å². The second kappa shape index (κ2) is 10.7. The SMILES string of the molecule is C#CCOc1cc(Br)c(/C=C2/SC(=O)N(CC(=O)N3CCOCC3)C2=O)cc1OCC. The molecule has 0 spiro atoms. The van der Waals surface area contributed by atoms with E-state index in [1.54, 1.807) is 23.1 Å². The number of benzene rings is 1. The highest BCUT2D eigenvalue weighted by molar-refractivity contribution is 9.10. The van der Waals surface area contributed by atoms with Crippen LogP contribution < -0.4 is 9.47 Å². The van der Waals surface area contributed by atoms with Crippen molar-refractivity contribution in [2.45, 2.75) is 6.92 Å². The number of rotatable bonds is 7. The van der Waals surface area contributed by atoms with Gasteiger partial charge in [-0.1, -0.05) is 21.9 Å². The van der Waals surface area contributed by atoms with Crippen molar-refractivity contribution >= 4 is 50.8 Å². The topological polar surface area (TPSA) is 85.4 Å². The summed E-state index contributed by atoms with van der Waals surface area (Å²) in [6.45, 7) is 3.85. The van der Waals surface area contributed by atoms with Crippen LogP contribution in [0.25, 0.3) is 6.08 Å². The number of amides is 3. The molecule has 3 amide bonds. The van der Waals surface area contributed by atoms with Gasteiger partial charge in [0.15, 0.2) is 11.5 Å². The first-order chi connectivity index (χ1) is 14.9. The maximum atomic E-state index is 12.8. The minimum atomic E-state index is -0.505. The predicted octanol–water partition coefficient (Wildman–Crippen LogP) is 2.75. The van der Waals surface area contributed by atoms with Crippen molar-refractivity contribution in [2.24, 2.45) is 0 Å². The van der Waals surface area contributed by atoms with Crippen molar-refractivity contribution in [2.75, 3.05) is 46.1 Å². The first-order valence-corrected chi connectivity index (χ1v) is 11.2. The molecule has 1 aromatic carbocycles. The number of hydrogen-bond donors (Lipinski definition) is 0. The van der Waals surface area contributed by atoms with Gasteiger partial charge < -0.3 is 19.1 Å². The van der Waals surface area contributed by atoms with Crippen molar-refractivity contribution in [3.8, 4) is 23.8 Å². The van der Waals surface area contributed by atoms with Crippen LogP contribution in [-0.2, 0) is 14.3 Å². The Labute approximate surface area is 193 Å². The van der Waals surface area contributed by atoms with Crippen LogP contribution in [0, 0.1) is 12.3 Å². The molecule has 0 aromatic heterocycles. The Kier molecular flexibility index (Phi) is 8.01. The monoisotopic (exact) mass is 508 g/mol. The maximum Gasteiger partial charge on any atom is 0.294 e. The zero-order chi connectivity index (χ0) is 22.4. The highest BCUT2D eigenvalue weighted by Crippen LogP contribution is 2.38. The molecule has 164 valence electrons. The molecule has 2 heterocycles. The average Bonchev–Trinajstić information content (AvgIpc) is 3.02. The van der Waals surface area contributed by atoms with Gasteiger partial charge in [0.05, 0.1) is 24.7 Å². The fourth-order valence-corrected chi connectivity index (χ4v) is 4.25. The number of halogens is 1. The van der Waals surface area contributed by atoms with E-state index in [-0.39, 0.29) is 24.0 Å². The number of carbonyl (C=O) groups excluding carboxylic acids is 3. The Morgan fingerprint density at radius 3 is 2.68 bits per heavy atom. The van der Waals surface area contributed by atoms with Gasteiger partial charge in [0.25, 0.3) is 11.1 Å². The Morgan fingerprint density at radius 1 is 1.29 bits per heavy atom. The predicted molar refractivity (Wildman–Crippen MR) is 120 cm³/mol. The van der Waals surface area contributed by atoms with Crippen molar-refractivity contribution in [1.82, 2.24) is 9.80 Å². The molecular formula is C21H21BrN2O6S. The van der Waals surface area contributed by atoms with Crippen LogP contribution in [0.4, 0.5) is 4.79 Å². The zero-order valence-corrected chi connectivity index (χ0v) is 19.3. The number of imide groups is 1. The van der Waals surface area contributed by atoms with Gasteiger partial charge in [-0.05, 0) is 42.5 Å². The summed E-state index contributed by atoms with van der Waals surface area (Å²) in [7, 11) is 0. The van der Waals surface area contributed by atoms with Crippen LogP contribution in [0.2, 0.25) is 0 Å². The van der Waals surface area contributed by atoms with E-state index >= 15 is 0 Å². The third-order valence-electron chi connectivity index (χ3n) is 4.49. The second-order valence-electron chi connectivity index (χ2n) is 6.51. The molecule has 1 aromatic rings. The minimum absolute atomic E-state index is 0.0852. The summed E-state index contributed by atoms with van der Waals surface area (Å²) in [5.74, 6) is 2.55. The smallest absolute Gasteiger partial charge is 0.294 e. The maximum absolute atomic E-state index is 12.8. The van der Waals surface area contributed by atoms with E-state index in [2.05, 4.69) is 21.9 Å². The molecular weight excluding hydrogens is 488 g/mol. The molecule has 0 bridgehead atoms. The fourth-order valence-electron chi connectivity index (χ4n) is 2.99. The Hall–Kier alpha value is -2.48. The van der Waals surface area contributed by atoms with Crippen LogP contribution in [0.15, 0.2) is 21.5 Å². The number of hydrogen-bond acceptors (Lipinski definition) is 7. The van der Waals surface area contributed by atoms with Crippen molar-refractivity contribution in [3.63, 3.8) is 0 Å². The third-order valence-corrected chi connectivity index (χ3v) is 6.09. The van der Waals surface area contributed by atoms with Gasteiger partial charge in [-0.3, -0.25) is 19.3 Å². The number of thioether (sulfide) groups is 1.